The van der Waals surface area contributed by atoms with Gasteiger partial charge in [0.05, 0.1) is 6.10 Å². The Labute approximate surface area is 107 Å². The van der Waals surface area contributed by atoms with Gasteiger partial charge in [-0.3, -0.25) is 0 Å². The zero-order chi connectivity index (χ0) is 12.4. The van der Waals surface area contributed by atoms with E-state index in [1.807, 2.05) is 0 Å². The zero-order valence-electron chi connectivity index (χ0n) is 10.9. The van der Waals surface area contributed by atoms with Crippen molar-refractivity contribution in [2.75, 3.05) is 19.7 Å². The standard InChI is InChI=1S/C13H21N3O2/c1-9(10-7-14-8-10)13-15-12(16-18-13)6-11-4-2-3-5-17-11/h9-11,14H,2-8H2,1H3. The summed E-state index contributed by atoms with van der Waals surface area (Å²) in [6.45, 7) is 5.16. The third kappa shape index (κ3) is 2.57. The summed E-state index contributed by atoms with van der Waals surface area (Å²) >= 11 is 0. The highest BCUT2D eigenvalue weighted by molar-refractivity contribution is 4.99. The molecule has 5 heteroatoms. The summed E-state index contributed by atoms with van der Waals surface area (Å²) < 4.78 is 11.1. The second-order valence-electron chi connectivity index (χ2n) is 5.45. The van der Waals surface area contributed by atoms with Gasteiger partial charge in [0.1, 0.15) is 0 Å². The van der Waals surface area contributed by atoms with E-state index >= 15 is 0 Å². The molecule has 3 rings (SSSR count). The molecule has 0 aromatic carbocycles. The van der Waals surface area contributed by atoms with Gasteiger partial charge >= 0.3 is 0 Å². The SMILES string of the molecule is CC(c1nc(CC2CCCCO2)no1)C1CNC1. The molecule has 2 unspecified atom stereocenters. The van der Waals surface area contributed by atoms with E-state index in [-0.39, 0.29) is 6.10 Å². The second-order valence-corrected chi connectivity index (χ2v) is 5.45. The average molecular weight is 251 g/mol. The molecule has 100 valence electrons. The predicted octanol–water partition coefficient (Wildman–Crippen LogP) is 1.50. The largest absolute Gasteiger partial charge is 0.378 e. The van der Waals surface area contributed by atoms with Gasteiger partial charge in [-0.15, -0.1) is 0 Å². The minimum Gasteiger partial charge on any atom is -0.378 e. The number of aromatic nitrogens is 2. The lowest BCUT2D eigenvalue weighted by atomic mass is 9.89. The first-order valence-corrected chi connectivity index (χ1v) is 6.97. The van der Waals surface area contributed by atoms with Crippen molar-refractivity contribution in [3.63, 3.8) is 0 Å². The van der Waals surface area contributed by atoms with Crippen molar-refractivity contribution in [1.29, 1.82) is 0 Å². The smallest absolute Gasteiger partial charge is 0.229 e. The topological polar surface area (TPSA) is 60.2 Å². The fraction of sp³-hybridized carbons (Fsp3) is 0.846. The molecular weight excluding hydrogens is 230 g/mol. The van der Waals surface area contributed by atoms with Crippen molar-refractivity contribution in [3.05, 3.63) is 11.7 Å². The highest BCUT2D eigenvalue weighted by Gasteiger charge is 2.29. The van der Waals surface area contributed by atoms with Crippen LogP contribution in [0.2, 0.25) is 0 Å². The fourth-order valence-electron chi connectivity index (χ4n) is 2.57. The maximum atomic E-state index is 5.70. The summed E-state index contributed by atoms with van der Waals surface area (Å²) in [6, 6.07) is 0. The van der Waals surface area contributed by atoms with Gasteiger partial charge in [-0.25, -0.2) is 0 Å². The van der Waals surface area contributed by atoms with Crippen molar-refractivity contribution in [2.45, 2.75) is 44.6 Å². The molecule has 0 aliphatic carbocycles. The zero-order valence-corrected chi connectivity index (χ0v) is 10.9. The third-order valence-corrected chi connectivity index (χ3v) is 4.08. The van der Waals surface area contributed by atoms with E-state index in [4.69, 9.17) is 9.26 Å². The van der Waals surface area contributed by atoms with Gasteiger partial charge in [0.2, 0.25) is 5.89 Å². The van der Waals surface area contributed by atoms with E-state index in [9.17, 15) is 0 Å². The van der Waals surface area contributed by atoms with Gasteiger partial charge in [0, 0.05) is 18.9 Å². The quantitative estimate of drug-likeness (QED) is 0.878. The van der Waals surface area contributed by atoms with Crippen molar-refractivity contribution in [2.24, 2.45) is 5.92 Å². The number of rotatable bonds is 4. The van der Waals surface area contributed by atoms with Gasteiger partial charge in [-0.05, 0) is 38.3 Å². The lowest BCUT2D eigenvalue weighted by Crippen LogP contribution is -2.44. The number of hydrogen-bond acceptors (Lipinski definition) is 5. The van der Waals surface area contributed by atoms with Crippen LogP contribution in [-0.4, -0.2) is 35.9 Å². The van der Waals surface area contributed by atoms with Crippen molar-refractivity contribution in [3.8, 4) is 0 Å². The first-order valence-electron chi connectivity index (χ1n) is 6.97. The summed E-state index contributed by atoms with van der Waals surface area (Å²) in [4.78, 5) is 4.52. The summed E-state index contributed by atoms with van der Waals surface area (Å²) in [6.07, 6.45) is 4.62. The van der Waals surface area contributed by atoms with Gasteiger partial charge in [-0.2, -0.15) is 4.98 Å². The van der Waals surface area contributed by atoms with E-state index in [0.717, 1.165) is 44.3 Å². The molecule has 2 saturated heterocycles. The molecule has 1 N–H and O–H groups in total. The summed E-state index contributed by atoms with van der Waals surface area (Å²) in [5.41, 5.74) is 0. The van der Waals surface area contributed by atoms with Crippen LogP contribution in [0.15, 0.2) is 4.52 Å². The van der Waals surface area contributed by atoms with Crippen LogP contribution in [0.4, 0.5) is 0 Å². The Morgan fingerprint density at radius 3 is 2.94 bits per heavy atom. The number of ether oxygens (including phenoxy) is 1. The number of hydrogen-bond donors (Lipinski definition) is 1. The van der Waals surface area contributed by atoms with E-state index in [1.165, 1.54) is 12.8 Å². The predicted molar refractivity (Wildman–Crippen MR) is 66.4 cm³/mol. The Balaban J connectivity index is 1.58. The van der Waals surface area contributed by atoms with E-state index in [0.29, 0.717) is 11.8 Å². The minimum atomic E-state index is 0.282. The Morgan fingerprint density at radius 1 is 1.39 bits per heavy atom. The monoisotopic (exact) mass is 251 g/mol. The molecule has 0 bridgehead atoms. The van der Waals surface area contributed by atoms with Crippen LogP contribution in [0.25, 0.3) is 0 Å². The molecule has 0 amide bonds. The van der Waals surface area contributed by atoms with E-state index < -0.39 is 0 Å². The molecule has 0 saturated carbocycles. The minimum absolute atomic E-state index is 0.282. The van der Waals surface area contributed by atoms with Gasteiger partial charge in [-0.1, -0.05) is 12.1 Å². The van der Waals surface area contributed by atoms with Crippen LogP contribution in [0, 0.1) is 5.92 Å². The van der Waals surface area contributed by atoms with Crippen molar-refractivity contribution in [1.82, 2.24) is 15.5 Å². The van der Waals surface area contributed by atoms with Gasteiger partial charge < -0.3 is 14.6 Å². The maximum Gasteiger partial charge on any atom is 0.229 e. The molecule has 2 aliphatic rings. The summed E-state index contributed by atoms with van der Waals surface area (Å²) in [7, 11) is 0. The van der Waals surface area contributed by atoms with Gasteiger partial charge in [0.15, 0.2) is 5.82 Å². The second kappa shape index (κ2) is 5.36. The molecule has 5 nitrogen and oxygen atoms in total. The van der Waals surface area contributed by atoms with Crippen LogP contribution < -0.4 is 5.32 Å². The molecule has 2 fully saturated rings. The lowest BCUT2D eigenvalue weighted by molar-refractivity contribution is 0.0153. The van der Waals surface area contributed by atoms with Gasteiger partial charge in [0.25, 0.3) is 0 Å². The number of nitrogens with zero attached hydrogens (tertiary/aromatic N) is 2. The normalized spacial score (nSPS) is 26.8. The molecule has 2 atom stereocenters. The molecule has 3 heterocycles. The molecule has 0 spiro atoms. The van der Waals surface area contributed by atoms with E-state index in [1.54, 1.807) is 0 Å². The number of nitrogens with one attached hydrogen (secondary N) is 1. The molecule has 18 heavy (non-hydrogen) atoms. The molecule has 0 radical (unpaired) electrons. The summed E-state index contributed by atoms with van der Waals surface area (Å²) in [5, 5.41) is 7.36. The van der Waals surface area contributed by atoms with Crippen LogP contribution >= 0.6 is 0 Å². The summed E-state index contributed by atoms with van der Waals surface area (Å²) in [5.74, 6) is 2.59. The van der Waals surface area contributed by atoms with Crippen molar-refractivity contribution < 1.29 is 9.26 Å². The van der Waals surface area contributed by atoms with E-state index in [2.05, 4.69) is 22.4 Å². The highest BCUT2D eigenvalue weighted by Crippen LogP contribution is 2.26. The molecular formula is C13H21N3O2. The Morgan fingerprint density at radius 2 is 2.28 bits per heavy atom. The highest BCUT2D eigenvalue weighted by atomic mass is 16.5. The maximum absolute atomic E-state index is 5.70. The lowest BCUT2D eigenvalue weighted by Gasteiger charge is -2.30. The molecule has 2 aliphatic heterocycles. The molecule has 1 aromatic heterocycles. The van der Waals surface area contributed by atoms with Crippen LogP contribution in [0.3, 0.4) is 0 Å². The molecule has 1 aromatic rings. The van der Waals surface area contributed by atoms with Crippen LogP contribution in [0.1, 0.15) is 43.8 Å². The van der Waals surface area contributed by atoms with Crippen LogP contribution in [0.5, 0.6) is 0 Å². The fourth-order valence-corrected chi connectivity index (χ4v) is 2.57. The van der Waals surface area contributed by atoms with Crippen LogP contribution in [-0.2, 0) is 11.2 Å². The Hall–Kier alpha value is -0.940. The Bertz CT molecular complexity index is 383. The average Bonchev–Trinajstić information content (AvgIpc) is 2.76. The first kappa shape index (κ1) is 12.1. The third-order valence-electron chi connectivity index (χ3n) is 4.08. The first-order chi connectivity index (χ1) is 8.83. The Kier molecular flexibility index (Phi) is 3.61. The van der Waals surface area contributed by atoms with Crippen molar-refractivity contribution >= 4 is 0 Å².